The molecule has 1 aromatic heterocycles. The first-order valence-corrected chi connectivity index (χ1v) is 7.02. The number of aromatic amines is 1. The average molecular weight is 251 g/mol. The van der Waals surface area contributed by atoms with Gasteiger partial charge in [0, 0.05) is 0 Å². The summed E-state index contributed by atoms with van der Waals surface area (Å²) >= 11 is 1.52. The van der Waals surface area contributed by atoms with E-state index in [1.54, 1.807) is 6.20 Å². The molecule has 0 aliphatic heterocycles. The van der Waals surface area contributed by atoms with Crippen LogP contribution in [0.1, 0.15) is 18.4 Å². The Bertz CT molecular complexity index is 316. The first kappa shape index (κ1) is 12.8. The van der Waals surface area contributed by atoms with Crippen molar-refractivity contribution >= 4 is 19.2 Å². The molecule has 1 unspecified atom stereocenters. The third-order valence-electron chi connectivity index (χ3n) is 1.55. The van der Waals surface area contributed by atoms with Crippen LogP contribution in [0.5, 0.6) is 0 Å². The van der Waals surface area contributed by atoms with Crippen LogP contribution >= 0.6 is 19.2 Å². The first-order chi connectivity index (χ1) is 7.14. The second kappa shape index (κ2) is 6.35. The zero-order valence-corrected chi connectivity index (χ0v) is 10.2. The van der Waals surface area contributed by atoms with Crippen molar-refractivity contribution in [1.82, 2.24) is 0 Å². The Kier molecular flexibility index (Phi) is 5.42. The summed E-state index contributed by atoms with van der Waals surface area (Å²) in [6.07, 6.45) is 2.98. The summed E-state index contributed by atoms with van der Waals surface area (Å²) in [4.78, 5) is 14.1. The molecule has 0 aliphatic rings. The van der Waals surface area contributed by atoms with E-state index in [1.165, 1.54) is 11.3 Å². The van der Waals surface area contributed by atoms with Crippen LogP contribution in [0.2, 0.25) is 0 Å². The molecular weight excluding hydrogens is 237 g/mol. The van der Waals surface area contributed by atoms with Gasteiger partial charge >= 0.3 is 0 Å². The molecule has 0 saturated carbocycles. The number of nitrogens with one attached hydrogen (secondary N) is 1. The van der Waals surface area contributed by atoms with Crippen molar-refractivity contribution in [1.29, 1.82) is 0 Å². The van der Waals surface area contributed by atoms with Gasteiger partial charge in [-0.25, -0.2) is 4.98 Å². The lowest BCUT2D eigenvalue weighted by Gasteiger charge is -2.21. The molecule has 5 nitrogen and oxygen atoms in total. The van der Waals surface area contributed by atoms with Crippen molar-refractivity contribution in [3.05, 3.63) is 16.6 Å². The Labute approximate surface area is 92.7 Å². The van der Waals surface area contributed by atoms with Crippen molar-refractivity contribution < 1.29 is 23.5 Å². The van der Waals surface area contributed by atoms with E-state index in [1.807, 2.05) is 12.3 Å². The lowest BCUT2D eigenvalue weighted by molar-refractivity contribution is -0.382. The predicted molar refractivity (Wildman–Crippen MR) is 54.4 cm³/mol. The molecule has 1 aromatic rings. The van der Waals surface area contributed by atoms with E-state index >= 15 is 0 Å². The highest BCUT2D eigenvalue weighted by molar-refractivity contribution is 7.45. The van der Waals surface area contributed by atoms with E-state index in [-0.39, 0.29) is 13.2 Å². The van der Waals surface area contributed by atoms with Crippen LogP contribution < -0.4 is 9.88 Å². The number of rotatable bonds is 7. The van der Waals surface area contributed by atoms with E-state index in [0.29, 0.717) is 12.8 Å². The smallest absolute Gasteiger partial charge is 0.267 e. The predicted octanol–water partition coefficient (Wildman–Crippen LogP) is 1.02. The third-order valence-corrected chi connectivity index (χ3v) is 3.43. The Hall–Kier alpha value is -0.260. The van der Waals surface area contributed by atoms with Gasteiger partial charge in [-0.1, -0.05) is 18.3 Å². The monoisotopic (exact) mass is 251 g/mol. The Morgan fingerprint density at radius 1 is 1.53 bits per heavy atom. The summed E-state index contributed by atoms with van der Waals surface area (Å²) in [5, 5.41) is 2.87. The molecule has 0 fully saturated rings. The van der Waals surface area contributed by atoms with Gasteiger partial charge in [0.15, 0.2) is 6.20 Å². The molecule has 0 radical (unpaired) electrons. The molecule has 1 atom stereocenters. The maximum absolute atomic E-state index is 11.1. The lowest BCUT2D eigenvalue weighted by Crippen LogP contribution is -2.12. The van der Waals surface area contributed by atoms with Crippen LogP contribution in [0, 0.1) is 0 Å². The summed E-state index contributed by atoms with van der Waals surface area (Å²) in [7, 11) is -4.09. The van der Waals surface area contributed by atoms with Crippen LogP contribution in [0.4, 0.5) is 0 Å². The third kappa shape index (κ3) is 5.39. The fraction of sp³-hybridized carbons (Fsp3) is 0.625. The minimum absolute atomic E-state index is 0.113. The maximum atomic E-state index is 11.1. The molecule has 86 valence electrons. The Balaban J connectivity index is 2.21. The van der Waals surface area contributed by atoms with Crippen molar-refractivity contribution in [3.8, 4) is 0 Å². The normalized spacial score (nSPS) is 15.1. The van der Waals surface area contributed by atoms with Crippen LogP contribution in [-0.4, -0.2) is 13.2 Å². The fourth-order valence-corrected chi connectivity index (χ4v) is 2.33. The van der Waals surface area contributed by atoms with Gasteiger partial charge < -0.3 is 13.9 Å². The average Bonchev–Trinajstić information content (AvgIpc) is 2.67. The molecule has 0 bridgehead atoms. The molecule has 7 heteroatoms. The van der Waals surface area contributed by atoms with Gasteiger partial charge in [-0.15, -0.1) is 0 Å². The van der Waals surface area contributed by atoms with Crippen molar-refractivity contribution in [3.63, 3.8) is 0 Å². The number of hydrogen-bond donors (Lipinski definition) is 0. The van der Waals surface area contributed by atoms with Gasteiger partial charge in [0.1, 0.15) is 0 Å². The number of phosphoric ester groups is 1. The number of H-pyrrole nitrogens is 1. The number of phosphoric acid groups is 1. The Morgan fingerprint density at radius 3 is 2.87 bits per heavy atom. The molecule has 1 N–H and O–H groups in total. The number of thiazole rings is 1. The van der Waals surface area contributed by atoms with Gasteiger partial charge in [-0.2, -0.15) is 0 Å². The van der Waals surface area contributed by atoms with Gasteiger partial charge in [0.05, 0.1) is 25.0 Å². The summed E-state index contributed by atoms with van der Waals surface area (Å²) in [6, 6.07) is 0. The molecule has 0 saturated heterocycles. The van der Waals surface area contributed by atoms with Gasteiger partial charge in [0.25, 0.3) is 7.82 Å². The number of aromatic nitrogens is 1. The minimum atomic E-state index is -4.09. The van der Waals surface area contributed by atoms with Crippen molar-refractivity contribution in [2.24, 2.45) is 0 Å². The largest absolute Gasteiger partial charge is 0.756 e. The first-order valence-electron chi connectivity index (χ1n) is 4.68. The molecule has 0 spiro atoms. The highest BCUT2D eigenvalue weighted by Gasteiger charge is 2.10. The summed E-state index contributed by atoms with van der Waals surface area (Å²) in [6.45, 7) is 2.12. The maximum Gasteiger partial charge on any atom is 0.267 e. The van der Waals surface area contributed by atoms with Gasteiger partial charge in [0.2, 0.25) is 5.01 Å². The molecular formula is C8H14NO4PS. The molecule has 0 amide bonds. The van der Waals surface area contributed by atoms with E-state index in [9.17, 15) is 9.46 Å². The molecule has 0 aromatic carbocycles. The standard InChI is InChI=1S/C8H14NO4PS/c1-2-5-12-14(10,11)13-6-3-8-9-4-7-15-8/h4,7H,2-3,5-6H2,1H3,(H,10,11). The van der Waals surface area contributed by atoms with Gasteiger partial charge in [-0.3, -0.25) is 4.57 Å². The van der Waals surface area contributed by atoms with E-state index in [0.717, 1.165) is 5.01 Å². The topological polar surface area (TPSA) is 72.7 Å². The SMILES string of the molecule is CCCOP(=O)([O-])OCCc1[nH+]ccs1. The quantitative estimate of drug-likeness (QED) is 0.678. The van der Waals surface area contributed by atoms with Crippen molar-refractivity contribution in [2.75, 3.05) is 13.2 Å². The zero-order valence-electron chi connectivity index (χ0n) is 8.47. The fourth-order valence-electron chi connectivity index (χ4n) is 0.899. The van der Waals surface area contributed by atoms with E-state index in [2.05, 4.69) is 14.0 Å². The summed E-state index contributed by atoms with van der Waals surface area (Å²) in [5.74, 6) is 0. The molecule has 15 heavy (non-hydrogen) atoms. The second-order valence-corrected chi connectivity index (χ2v) is 5.26. The second-order valence-electron chi connectivity index (χ2n) is 2.85. The summed E-state index contributed by atoms with van der Waals surface area (Å²) in [5.41, 5.74) is 0. The summed E-state index contributed by atoms with van der Waals surface area (Å²) < 4.78 is 20.3. The Morgan fingerprint density at radius 2 is 2.27 bits per heavy atom. The molecule has 1 rings (SSSR count). The van der Waals surface area contributed by atoms with E-state index < -0.39 is 7.82 Å². The highest BCUT2D eigenvalue weighted by Crippen LogP contribution is 2.38. The highest BCUT2D eigenvalue weighted by atomic mass is 32.1. The molecule has 1 heterocycles. The molecule has 0 aliphatic carbocycles. The van der Waals surface area contributed by atoms with Crippen LogP contribution in [0.15, 0.2) is 11.6 Å². The zero-order chi connectivity index (χ0) is 11.1. The minimum Gasteiger partial charge on any atom is -0.756 e. The number of hydrogen-bond acceptors (Lipinski definition) is 5. The van der Waals surface area contributed by atoms with Gasteiger partial charge in [-0.05, 0) is 6.42 Å². The lowest BCUT2D eigenvalue weighted by atomic mass is 10.5. The van der Waals surface area contributed by atoms with E-state index in [4.69, 9.17) is 0 Å². The van der Waals surface area contributed by atoms with Crippen LogP contribution in [-0.2, 0) is 20.0 Å². The van der Waals surface area contributed by atoms with Crippen LogP contribution in [0.3, 0.4) is 0 Å². The van der Waals surface area contributed by atoms with Crippen molar-refractivity contribution in [2.45, 2.75) is 19.8 Å². The van der Waals surface area contributed by atoms with Crippen LogP contribution in [0.25, 0.3) is 0 Å².